The first-order chi connectivity index (χ1) is 16.4. The third kappa shape index (κ3) is 5.98. The predicted octanol–water partition coefficient (Wildman–Crippen LogP) is 4.83. The third-order valence-corrected chi connectivity index (χ3v) is 6.20. The van der Waals surface area contributed by atoms with Gasteiger partial charge in [0.25, 0.3) is 0 Å². The highest BCUT2D eigenvalue weighted by Crippen LogP contribution is 2.32. The second-order valence-corrected chi connectivity index (χ2v) is 8.88. The first-order valence-electron chi connectivity index (χ1n) is 11.1. The van der Waals surface area contributed by atoms with Crippen LogP contribution in [0.15, 0.2) is 42.0 Å². The number of benzene rings is 2. The van der Waals surface area contributed by atoms with Crippen molar-refractivity contribution in [2.75, 3.05) is 26.5 Å². The van der Waals surface area contributed by atoms with Gasteiger partial charge in [-0.25, -0.2) is 8.78 Å². The van der Waals surface area contributed by atoms with Crippen molar-refractivity contribution < 1.29 is 32.9 Å². The van der Waals surface area contributed by atoms with E-state index in [0.29, 0.717) is 31.7 Å². The topological polar surface area (TPSA) is 77.0 Å². The fraction of sp³-hybridized carbons (Fsp3) is 0.400. The lowest BCUT2D eigenvalue weighted by molar-refractivity contribution is -0.145. The second kappa shape index (κ2) is 11.1. The van der Waals surface area contributed by atoms with Crippen molar-refractivity contribution in [2.45, 2.75) is 31.6 Å². The Morgan fingerprint density at radius 1 is 1.21 bits per heavy atom. The molecule has 34 heavy (non-hydrogen) atoms. The maximum absolute atomic E-state index is 12.7. The molecule has 6 nitrogen and oxygen atoms in total. The van der Waals surface area contributed by atoms with E-state index in [1.54, 1.807) is 18.2 Å². The number of aliphatic carboxylic acids is 1. The van der Waals surface area contributed by atoms with E-state index < -0.39 is 25.4 Å². The van der Waals surface area contributed by atoms with E-state index in [4.69, 9.17) is 30.9 Å². The van der Waals surface area contributed by atoms with E-state index in [9.17, 15) is 13.6 Å². The number of alkyl halides is 2. The van der Waals surface area contributed by atoms with Gasteiger partial charge in [-0.3, -0.25) is 4.79 Å². The summed E-state index contributed by atoms with van der Waals surface area (Å²) >= 11 is 6.17. The van der Waals surface area contributed by atoms with Crippen LogP contribution in [0.5, 0.6) is 17.2 Å². The van der Waals surface area contributed by atoms with Crippen LogP contribution in [0.3, 0.4) is 0 Å². The molecule has 1 aliphatic carbocycles. The van der Waals surface area contributed by atoms with Gasteiger partial charge in [-0.2, -0.15) is 0 Å². The molecule has 0 bridgehead atoms. The zero-order valence-corrected chi connectivity index (χ0v) is 19.2. The van der Waals surface area contributed by atoms with E-state index in [0.717, 1.165) is 22.4 Å². The maximum Gasteiger partial charge on any atom is 0.306 e. The van der Waals surface area contributed by atoms with Crippen molar-refractivity contribution >= 4 is 23.6 Å². The summed E-state index contributed by atoms with van der Waals surface area (Å²) in [5.74, 6) is 0.629. The zero-order valence-electron chi connectivity index (χ0n) is 18.4. The highest BCUT2D eigenvalue weighted by Gasteiger charge is 2.34. The number of carboxylic acids is 1. The van der Waals surface area contributed by atoms with E-state index in [1.165, 1.54) is 0 Å². The van der Waals surface area contributed by atoms with Crippen LogP contribution in [-0.4, -0.2) is 49.7 Å². The smallest absolute Gasteiger partial charge is 0.306 e. The van der Waals surface area contributed by atoms with Crippen molar-refractivity contribution in [2.24, 2.45) is 5.92 Å². The summed E-state index contributed by atoms with van der Waals surface area (Å²) in [5, 5.41) is 12.6. The van der Waals surface area contributed by atoms with Crippen LogP contribution in [0.1, 0.15) is 24.0 Å². The standard InChI is InChI=1S/C25H26ClF2NO5/c26-22-6-15(1-4-23(22)34-21(10-27)11-28)13-32-20-3-2-17-5-16(14-33-24(17)9-20)12-29-19-7-18(8-19)25(30)31/h1-6,9,18-19,21,29H,7-8,10-14H2,(H,30,31). The average molecular weight is 494 g/mol. The number of carbonyl (C=O) groups is 1. The van der Waals surface area contributed by atoms with Gasteiger partial charge >= 0.3 is 5.97 Å². The molecule has 2 aromatic rings. The van der Waals surface area contributed by atoms with Gasteiger partial charge in [0.15, 0.2) is 6.10 Å². The van der Waals surface area contributed by atoms with Gasteiger partial charge in [-0.05, 0) is 54.3 Å². The molecule has 1 saturated carbocycles. The molecule has 2 N–H and O–H groups in total. The predicted molar refractivity (Wildman–Crippen MR) is 124 cm³/mol. The Kier molecular flexibility index (Phi) is 7.90. The van der Waals surface area contributed by atoms with Crippen LogP contribution < -0.4 is 19.5 Å². The number of ether oxygens (including phenoxy) is 3. The highest BCUT2D eigenvalue weighted by molar-refractivity contribution is 6.32. The molecule has 0 spiro atoms. The van der Waals surface area contributed by atoms with Crippen LogP contribution in [0.2, 0.25) is 5.02 Å². The molecule has 1 fully saturated rings. The number of rotatable bonds is 11. The highest BCUT2D eigenvalue weighted by atomic mass is 35.5. The summed E-state index contributed by atoms with van der Waals surface area (Å²) in [4.78, 5) is 10.9. The monoisotopic (exact) mass is 493 g/mol. The number of carboxylic acid groups (broad SMARTS) is 1. The Morgan fingerprint density at radius 2 is 2.00 bits per heavy atom. The minimum absolute atomic E-state index is 0.226. The van der Waals surface area contributed by atoms with Crippen molar-refractivity contribution in [3.05, 3.63) is 58.1 Å². The normalized spacial score (nSPS) is 19.0. The first-order valence-corrected chi connectivity index (χ1v) is 11.4. The quantitative estimate of drug-likeness (QED) is 0.467. The molecule has 2 aliphatic rings. The van der Waals surface area contributed by atoms with E-state index in [-0.39, 0.29) is 29.3 Å². The zero-order chi connectivity index (χ0) is 24.1. The Bertz CT molecular complexity index is 1050. The minimum Gasteiger partial charge on any atom is -0.489 e. The van der Waals surface area contributed by atoms with Gasteiger partial charge in [0.2, 0.25) is 0 Å². The largest absolute Gasteiger partial charge is 0.489 e. The number of hydrogen-bond acceptors (Lipinski definition) is 5. The molecule has 0 aromatic heterocycles. The molecular formula is C25H26ClF2NO5. The Balaban J connectivity index is 1.29. The van der Waals surface area contributed by atoms with Crippen LogP contribution in [-0.2, 0) is 11.4 Å². The molecule has 0 radical (unpaired) electrons. The lowest BCUT2D eigenvalue weighted by Gasteiger charge is -2.33. The van der Waals surface area contributed by atoms with E-state index in [2.05, 4.69) is 11.4 Å². The number of hydrogen-bond donors (Lipinski definition) is 2. The minimum atomic E-state index is -1.16. The number of halogens is 3. The van der Waals surface area contributed by atoms with Gasteiger partial charge in [0.05, 0.1) is 10.9 Å². The summed E-state index contributed by atoms with van der Waals surface area (Å²) in [7, 11) is 0. The van der Waals surface area contributed by atoms with Crippen LogP contribution >= 0.6 is 11.6 Å². The van der Waals surface area contributed by atoms with Gasteiger partial charge in [-0.1, -0.05) is 17.7 Å². The van der Waals surface area contributed by atoms with Crippen molar-refractivity contribution in [1.29, 1.82) is 0 Å². The summed E-state index contributed by atoms with van der Waals surface area (Å²) in [6.45, 7) is -0.503. The van der Waals surface area contributed by atoms with Crippen LogP contribution in [0, 0.1) is 5.92 Å². The lowest BCUT2D eigenvalue weighted by atomic mass is 9.80. The molecule has 1 heterocycles. The van der Waals surface area contributed by atoms with E-state index in [1.807, 2.05) is 18.2 Å². The first kappa shape index (κ1) is 24.3. The Hall–Kier alpha value is -2.84. The molecule has 1 aliphatic heterocycles. The molecule has 0 saturated heterocycles. The van der Waals surface area contributed by atoms with Gasteiger partial charge in [0.1, 0.15) is 43.8 Å². The van der Waals surface area contributed by atoms with Crippen LogP contribution in [0.4, 0.5) is 8.78 Å². The number of fused-ring (bicyclic) bond motifs is 1. The number of nitrogens with one attached hydrogen (secondary N) is 1. The fourth-order valence-electron chi connectivity index (χ4n) is 3.82. The summed E-state index contributed by atoms with van der Waals surface area (Å²) in [6.07, 6.45) is 2.24. The second-order valence-electron chi connectivity index (χ2n) is 8.48. The summed E-state index contributed by atoms with van der Waals surface area (Å²) in [6, 6.07) is 10.8. The maximum atomic E-state index is 12.7. The average Bonchev–Trinajstić information content (AvgIpc) is 2.80. The molecular weight excluding hydrogens is 468 g/mol. The van der Waals surface area contributed by atoms with Crippen molar-refractivity contribution in [3.8, 4) is 17.2 Å². The van der Waals surface area contributed by atoms with Gasteiger partial charge < -0.3 is 24.6 Å². The fourth-order valence-corrected chi connectivity index (χ4v) is 4.07. The molecule has 9 heteroatoms. The lowest BCUT2D eigenvalue weighted by Crippen LogP contribution is -2.45. The molecule has 0 atom stereocenters. The molecule has 0 unspecified atom stereocenters. The SMILES string of the molecule is O=C(O)C1CC(NCC2=Cc3ccc(OCc4ccc(OC(CF)CF)c(Cl)c4)cc3OC2)C1. The van der Waals surface area contributed by atoms with E-state index >= 15 is 0 Å². The Labute approximate surface area is 201 Å². The molecule has 4 rings (SSSR count). The van der Waals surface area contributed by atoms with Crippen molar-refractivity contribution in [1.82, 2.24) is 5.32 Å². The van der Waals surface area contributed by atoms with Crippen molar-refractivity contribution in [3.63, 3.8) is 0 Å². The third-order valence-electron chi connectivity index (χ3n) is 5.90. The van der Waals surface area contributed by atoms with Gasteiger partial charge in [0, 0.05) is 24.2 Å². The molecule has 0 amide bonds. The molecule has 2 aromatic carbocycles. The summed E-state index contributed by atoms with van der Waals surface area (Å²) < 4.78 is 42.3. The molecule has 182 valence electrons. The van der Waals surface area contributed by atoms with Gasteiger partial charge in [-0.15, -0.1) is 0 Å². The van der Waals surface area contributed by atoms with Crippen LogP contribution in [0.25, 0.3) is 6.08 Å². The summed E-state index contributed by atoms with van der Waals surface area (Å²) in [5.41, 5.74) is 2.83. The Morgan fingerprint density at radius 3 is 2.71 bits per heavy atom.